The van der Waals surface area contributed by atoms with Crippen molar-refractivity contribution in [3.8, 4) is 0 Å². The molecule has 2 rings (SSSR count). The maximum absolute atomic E-state index is 12.1. The molecule has 0 unspecified atom stereocenters. The minimum Gasteiger partial charge on any atom is -0.477 e. The summed E-state index contributed by atoms with van der Waals surface area (Å²) in [6, 6.07) is 2.85. The van der Waals surface area contributed by atoms with Gasteiger partial charge in [0, 0.05) is 19.3 Å². The Morgan fingerprint density at radius 1 is 1.39 bits per heavy atom. The normalized spacial score (nSPS) is 15.2. The average Bonchev–Trinajstić information content (AvgIpc) is 2.39. The lowest BCUT2D eigenvalue weighted by Crippen LogP contribution is -2.34. The summed E-state index contributed by atoms with van der Waals surface area (Å²) < 4.78 is 0. The summed E-state index contributed by atoms with van der Waals surface area (Å²) in [5.41, 5.74) is 1.66. The standard InChI is InChI=1S/C13H14N2O3/c1-9-4-6-15(7-5-9)12(16)10-2-3-11(13(17)18)14-8-10/h2-4,8H,5-7H2,1H3,(H,17,18). The van der Waals surface area contributed by atoms with Crippen LogP contribution in [0, 0.1) is 0 Å². The lowest BCUT2D eigenvalue weighted by atomic mass is 10.1. The third kappa shape index (κ3) is 2.56. The highest BCUT2D eigenvalue weighted by Crippen LogP contribution is 2.13. The minimum absolute atomic E-state index is 0.0547. The van der Waals surface area contributed by atoms with Crippen LogP contribution in [0.2, 0.25) is 0 Å². The number of pyridine rings is 1. The highest BCUT2D eigenvalue weighted by molar-refractivity contribution is 5.95. The van der Waals surface area contributed by atoms with Crippen molar-refractivity contribution < 1.29 is 14.7 Å². The predicted octanol–water partition coefficient (Wildman–Crippen LogP) is 1.57. The molecular weight excluding hydrogens is 232 g/mol. The van der Waals surface area contributed by atoms with Crippen LogP contribution in [0.5, 0.6) is 0 Å². The summed E-state index contributed by atoms with van der Waals surface area (Å²) in [4.78, 5) is 28.2. The number of rotatable bonds is 2. The number of carbonyl (C=O) groups is 2. The van der Waals surface area contributed by atoms with E-state index < -0.39 is 5.97 Å². The Labute approximate surface area is 105 Å². The van der Waals surface area contributed by atoms with Gasteiger partial charge in [-0.2, -0.15) is 0 Å². The highest BCUT2D eigenvalue weighted by atomic mass is 16.4. The van der Waals surface area contributed by atoms with Crippen LogP contribution in [0.25, 0.3) is 0 Å². The summed E-state index contributed by atoms with van der Waals surface area (Å²) in [5, 5.41) is 8.73. The summed E-state index contributed by atoms with van der Waals surface area (Å²) >= 11 is 0. The third-order valence-corrected chi connectivity index (χ3v) is 2.95. The van der Waals surface area contributed by atoms with Crippen molar-refractivity contribution in [1.82, 2.24) is 9.88 Å². The molecule has 1 aromatic heterocycles. The van der Waals surface area contributed by atoms with E-state index >= 15 is 0 Å². The number of carbonyl (C=O) groups excluding carboxylic acids is 1. The zero-order chi connectivity index (χ0) is 13.1. The van der Waals surface area contributed by atoms with Crippen molar-refractivity contribution in [3.05, 3.63) is 41.2 Å². The van der Waals surface area contributed by atoms with E-state index in [1.54, 1.807) is 4.90 Å². The van der Waals surface area contributed by atoms with E-state index in [1.165, 1.54) is 23.9 Å². The Bertz CT molecular complexity index is 505. The number of amides is 1. The Balaban J connectivity index is 2.12. The quantitative estimate of drug-likeness (QED) is 0.804. The molecule has 0 spiro atoms. The SMILES string of the molecule is CC1=CCN(C(=O)c2ccc(C(=O)O)nc2)CC1. The number of hydrogen-bond donors (Lipinski definition) is 1. The van der Waals surface area contributed by atoms with Crippen molar-refractivity contribution in [2.45, 2.75) is 13.3 Å². The second-order valence-electron chi connectivity index (χ2n) is 4.29. The maximum atomic E-state index is 12.1. The predicted molar refractivity (Wildman–Crippen MR) is 65.5 cm³/mol. The first-order valence-electron chi connectivity index (χ1n) is 5.72. The third-order valence-electron chi connectivity index (χ3n) is 2.95. The van der Waals surface area contributed by atoms with E-state index in [4.69, 9.17) is 5.11 Å². The van der Waals surface area contributed by atoms with Crippen molar-refractivity contribution in [2.75, 3.05) is 13.1 Å². The first-order valence-corrected chi connectivity index (χ1v) is 5.72. The van der Waals surface area contributed by atoms with Crippen LogP contribution in [0.1, 0.15) is 34.2 Å². The molecule has 1 aliphatic rings. The number of aromatic carboxylic acids is 1. The van der Waals surface area contributed by atoms with E-state index in [1.807, 2.05) is 13.0 Å². The van der Waals surface area contributed by atoms with Crippen LogP contribution in [-0.4, -0.2) is 40.0 Å². The summed E-state index contributed by atoms with van der Waals surface area (Å²) in [7, 11) is 0. The van der Waals surface area contributed by atoms with Gasteiger partial charge in [-0.25, -0.2) is 9.78 Å². The molecule has 0 aliphatic carbocycles. The summed E-state index contributed by atoms with van der Waals surface area (Å²) in [6.45, 7) is 3.35. The largest absolute Gasteiger partial charge is 0.477 e. The first kappa shape index (κ1) is 12.3. The van der Waals surface area contributed by atoms with Gasteiger partial charge in [0.1, 0.15) is 5.69 Å². The molecule has 0 bridgehead atoms. The van der Waals surface area contributed by atoms with E-state index in [-0.39, 0.29) is 11.6 Å². The van der Waals surface area contributed by atoms with Crippen LogP contribution < -0.4 is 0 Å². The van der Waals surface area contributed by atoms with Crippen LogP contribution in [-0.2, 0) is 0 Å². The van der Waals surface area contributed by atoms with E-state index in [2.05, 4.69) is 4.98 Å². The number of hydrogen-bond acceptors (Lipinski definition) is 3. The van der Waals surface area contributed by atoms with E-state index in [0.717, 1.165) is 6.42 Å². The molecule has 0 radical (unpaired) electrons. The smallest absolute Gasteiger partial charge is 0.354 e. The van der Waals surface area contributed by atoms with Crippen molar-refractivity contribution >= 4 is 11.9 Å². The van der Waals surface area contributed by atoms with Crippen LogP contribution in [0.15, 0.2) is 30.0 Å². The van der Waals surface area contributed by atoms with E-state index in [0.29, 0.717) is 18.7 Å². The van der Waals surface area contributed by atoms with Gasteiger partial charge in [-0.1, -0.05) is 11.6 Å². The fraction of sp³-hybridized carbons (Fsp3) is 0.308. The molecule has 5 heteroatoms. The first-order chi connectivity index (χ1) is 8.58. The van der Waals surface area contributed by atoms with Gasteiger partial charge in [0.2, 0.25) is 0 Å². The molecule has 1 aromatic rings. The van der Waals surface area contributed by atoms with Crippen molar-refractivity contribution in [3.63, 3.8) is 0 Å². The molecule has 94 valence electrons. The Kier molecular flexibility index (Phi) is 3.41. The molecule has 0 fully saturated rings. The molecule has 2 heterocycles. The van der Waals surface area contributed by atoms with Gasteiger partial charge in [-0.05, 0) is 25.5 Å². The number of carboxylic acids is 1. The van der Waals surface area contributed by atoms with Crippen LogP contribution in [0.4, 0.5) is 0 Å². The molecule has 5 nitrogen and oxygen atoms in total. The van der Waals surface area contributed by atoms with Gasteiger partial charge in [0.05, 0.1) is 5.56 Å². The summed E-state index contributed by atoms with van der Waals surface area (Å²) in [6.07, 6.45) is 4.23. The van der Waals surface area contributed by atoms with Crippen molar-refractivity contribution in [1.29, 1.82) is 0 Å². The number of carboxylic acid groups (broad SMARTS) is 1. The van der Waals surface area contributed by atoms with Crippen LogP contribution in [0.3, 0.4) is 0 Å². The van der Waals surface area contributed by atoms with Crippen molar-refractivity contribution in [2.24, 2.45) is 0 Å². The Morgan fingerprint density at radius 2 is 2.17 bits per heavy atom. The van der Waals surface area contributed by atoms with Gasteiger partial charge >= 0.3 is 5.97 Å². The number of aromatic nitrogens is 1. The molecule has 1 amide bonds. The monoisotopic (exact) mass is 246 g/mol. The molecule has 18 heavy (non-hydrogen) atoms. The molecule has 0 aromatic carbocycles. The molecule has 0 atom stereocenters. The lowest BCUT2D eigenvalue weighted by Gasteiger charge is -2.25. The molecule has 0 saturated carbocycles. The highest BCUT2D eigenvalue weighted by Gasteiger charge is 2.18. The topological polar surface area (TPSA) is 70.5 Å². The fourth-order valence-electron chi connectivity index (χ4n) is 1.78. The molecular formula is C13H14N2O3. The lowest BCUT2D eigenvalue weighted by molar-refractivity contribution is 0.0687. The molecule has 0 saturated heterocycles. The minimum atomic E-state index is -1.09. The van der Waals surface area contributed by atoms with Gasteiger partial charge in [-0.15, -0.1) is 0 Å². The molecule has 1 aliphatic heterocycles. The fourth-order valence-corrected chi connectivity index (χ4v) is 1.78. The number of nitrogens with zero attached hydrogens (tertiary/aromatic N) is 2. The Hall–Kier alpha value is -2.17. The van der Waals surface area contributed by atoms with E-state index in [9.17, 15) is 9.59 Å². The second kappa shape index (κ2) is 5.00. The average molecular weight is 246 g/mol. The van der Waals surface area contributed by atoms with Gasteiger partial charge in [0.15, 0.2) is 0 Å². The van der Waals surface area contributed by atoms with Gasteiger partial charge in [0.25, 0.3) is 5.91 Å². The zero-order valence-corrected chi connectivity index (χ0v) is 10.1. The van der Waals surface area contributed by atoms with Gasteiger partial charge < -0.3 is 10.0 Å². The summed E-state index contributed by atoms with van der Waals surface area (Å²) in [5.74, 6) is -1.20. The van der Waals surface area contributed by atoms with Crippen LogP contribution >= 0.6 is 0 Å². The second-order valence-corrected chi connectivity index (χ2v) is 4.29. The maximum Gasteiger partial charge on any atom is 0.354 e. The Morgan fingerprint density at radius 3 is 2.67 bits per heavy atom. The van der Waals surface area contributed by atoms with Gasteiger partial charge in [-0.3, -0.25) is 4.79 Å². The molecule has 1 N–H and O–H groups in total. The zero-order valence-electron chi connectivity index (χ0n) is 10.1.